The monoisotopic (exact) mass is 427 g/mol. The number of hydrogen-bond acceptors (Lipinski definition) is 2. The van der Waals surface area contributed by atoms with Gasteiger partial charge < -0.3 is 5.32 Å². The molecule has 2 fully saturated rings. The molecule has 1 N–H and O–H groups in total. The first-order chi connectivity index (χ1) is 15.5. The molecule has 2 nitrogen and oxygen atoms in total. The number of fused-ring (bicyclic) bond motifs is 4. The van der Waals surface area contributed by atoms with Gasteiger partial charge in [-0.15, -0.1) is 5.92 Å². The van der Waals surface area contributed by atoms with Gasteiger partial charge in [0.05, 0.1) is 0 Å². The maximum absolute atomic E-state index is 12.1. The topological polar surface area (TPSA) is 29.1 Å². The highest BCUT2D eigenvalue weighted by atomic mass is 16.1. The molecular weight excluding hydrogens is 390 g/mol. The molecule has 2 heteroatoms. The second-order valence-corrected chi connectivity index (χ2v) is 10.7. The van der Waals surface area contributed by atoms with E-state index in [9.17, 15) is 4.79 Å². The number of ketones is 1. The molecular formula is C30H37NO. The van der Waals surface area contributed by atoms with E-state index in [-0.39, 0.29) is 5.41 Å². The van der Waals surface area contributed by atoms with Gasteiger partial charge in [0.25, 0.3) is 0 Å². The number of allylic oxidation sites excluding steroid dienone is 4. The minimum Gasteiger partial charge on any atom is -0.307 e. The fourth-order valence-electron chi connectivity index (χ4n) is 7.75. The fraction of sp³-hybridized carbons (Fsp3) is 0.567. The molecule has 0 amide bonds. The minimum atomic E-state index is 0.176. The average Bonchev–Trinajstić information content (AvgIpc) is 3.17. The van der Waals surface area contributed by atoms with Gasteiger partial charge in [-0.1, -0.05) is 55.7 Å². The van der Waals surface area contributed by atoms with Crippen LogP contribution in [0, 0.1) is 35.0 Å². The molecule has 0 radical (unpaired) electrons. The van der Waals surface area contributed by atoms with E-state index in [1.807, 2.05) is 13.0 Å². The first-order valence-corrected chi connectivity index (χ1v) is 12.7. The van der Waals surface area contributed by atoms with Crippen molar-refractivity contribution in [2.75, 3.05) is 0 Å². The van der Waals surface area contributed by atoms with Crippen molar-refractivity contribution in [2.45, 2.75) is 84.2 Å². The van der Waals surface area contributed by atoms with E-state index in [2.05, 4.69) is 61.3 Å². The van der Waals surface area contributed by atoms with Gasteiger partial charge in [0, 0.05) is 29.8 Å². The summed E-state index contributed by atoms with van der Waals surface area (Å²) in [6.45, 7) is 6.58. The Kier molecular flexibility index (Phi) is 5.89. The van der Waals surface area contributed by atoms with Crippen molar-refractivity contribution >= 4 is 5.78 Å². The zero-order valence-corrected chi connectivity index (χ0v) is 19.9. The highest BCUT2D eigenvalue weighted by Crippen LogP contribution is 2.66. The minimum absolute atomic E-state index is 0.176. The summed E-state index contributed by atoms with van der Waals surface area (Å²) in [5.41, 5.74) is 6.23. The third-order valence-corrected chi connectivity index (χ3v) is 8.81. The molecule has 0 saturated heterocycles. The Morgan fingerprint density at radius 2 is 1.84 bits per heavy atom. The highest BCUT2D eigenvalue weighted by molar-refractivity contribution is 5.93. The number of rotatable bonds is 4. The van der Waals surface area contributed by atoms with Gasteiger partial charge in [-0.2, -0.15) is 0 Å². The lowest BCUT2D eigenvalue weighted by atomic mass is 9.52. The van der Waals surface area contributed by atoms with Crippen LogP contribution in [0.5, 0.6) is 0 Å². The smallest absolute Gasteiger partial charge is 0.156 e. The van der Waals surface area contributed by atoms with Crippen LogP contribution in [-0.4, -0.2) is 11.8 Å². The Balaban J connectivity index is 1.62. The third-order valence-electron chi connectivity index (χ3n) is 8.81. The first-order valence-electron chi connectivity index (χ1n) is 12.7. The van der Waals surface area contributed by atoms with Gasteiger partial charge in [-0.05, 0) is 86.5 Å². The van der Waals surface area contributed by atoms with E-state index < -0.39 is 0 Å². The number of carbonyl (C=O) groups excluding carboxylic acids is 1. The lowest BCUT2D eigenvalue weighted by molar-refractivity contribution is -0.114. The summed E-state index contributed by atoms with van der Waals surface area (Å²) in [7, 11) is 0. The Morgan fingerprint density at radius 1 is 1.03 bits per heavy atom. The summed E-state index contributed by atoms with van der Waals surface area (Å²) >= 11 is 0. The number of carbonyl (C=O) groups is 1. The summed E-state index contributed by atoms with van der Waals surface area (Å²) in [5, 5.41) is 4.03. The van der Waals surface area contributed by atoms with Crippen LogP contribution in [-0.2, 0) is 4.79 Å². The van der Waals surface area contributed by atoms with Gasteiger partial charge in [-0.25, -0.2) is 0 Å². The zero-order valence-electron chi connectivity index (χ0n) is 19.9. The van der Waals surface area contributed by atoms with E-state index in [0.29, 0.717) is 42.0 Å². The second-order valence-electron chi connectivity index (χ2n) is 10.7. The SMILES string of the molecule is CC#C[C@@H]1CC[C@H]2[C@@H]3CCC4=CC(=O)CCC4=C3CC[C@]12C(NC(C)C)c1ccccc1. The van der Waals surface area contributed by atoms with Crippen LogP contribution in [0.25, 0.3) is 0 Å². The molecule has 0 aromatic heterocycles. The highest BCUT2D eigenvalue weighted by Gasteiger charge is 2.59. The fourth-order valence-corrected chi connectivity index (χ4v) is 7.75. The van der Waals surface area contributed by atoms with E-state index in [4.69, 9.17) is 0 Å². The predicted molar refractivity (Wildman–Crippen MR) is 131 cm³/mol. The van der Waals surface area contributed by atoms with Crippen molar-refractivity contribution in [3.8, 4) is 11.8 Å². The summed E-state index contributed by atoms with van der Waals surface area (Å²) in [5.74, 6) is 9.12. The summed E-state index contributed by atoms with van der Waals surface area (Å²) in [6, 6.07) is 11.9. The van der Waals surface area contributed by atoms with Crippen LogP contribution in [0.15, 0.2) is 53.1 Å². The molecule has 32 heavy (non-hydrogen) atoms. The molecule has 2 saturated carbocycles. The van der Waals surface area contributed by atoms with Crippen molar-refractivity contribution in [3.63, 3.8) is 0 Å². The molecule has 5 atom stereocenters. The summed E-state index contributed by atoms with van der Waals surface area (Å²) in [6.07, 6.45) is 10.8. The standard InChI is InChI=1S/C30H37NO/c1-4-8-23-12-16-28-27-14-11-22-19-24(32)13-15-25(22)26(27)17-18-30(23,28)29(31-20(2)3)21-9-6-5-7-10-21/h5-7,9-10,19-20,23,27-29,31H,11-18H2,1-3H3/t23-,27-,28+,29?,30+/m1/s1. The number of nitrogens with one attached hydrogen (secondary N) is 1. The van der Waals surface area contributed by atoms with Crippen LogP contribution < -0.4 is 5.32 Å². The number of hydrogen-bond donors (Lipinski definition) is 1. The first kappa shape index (κ1) is 21.7. The van der Waals surface area contributed by atoms with Crippen LogP contribution in [0.3, 0.4) is 0 Å². The summed E-state index contributed by atoms with van der Waals surface area (Å²) in [4.78, 5) is 12.1. The maximum Gasteiger partial charge on any atom is 0.156 e. The molecule has 5 rings (SSSR count). The molecule has 1 aromatic rings. The lowest BCUT2D eigenvalue weighted by Gasteiger charge is -2.54. The molecule has 1 aromatic carbocycles. The normalized spacial score (nSPS) is 32.4. The predicted octanol–water partition coefficient (Wildman–Crippen LogP) is 6.55. The van der Waals surface area contributed by atoms with E-state index in [0.717, 1.165) is 12.8 Å². The van der Waals surface area contributed by atoms with Gasteiger partial charge in [0.2, 0.25) is 0 Å². The van der Waals surface area contributed by atoms with Crippen molar-refractivity contribution in [2.24, 2.45) is 23.2 Å². The van der Waals surface area contributed by atoms with Gasteiger partial charge in [0.1, 0.15) is 0 Å². The Bertz CT molecular complexity index is 1000. The van der Waals surface area contributed by atoms with Gasteiger partial charge >= 0.3 is 0 Å². The van der Waals surface area contributed by atoms with E-state index >= 15 is 0 Å². The lowest BCUT2D eigenvalue weighted by Crippen LogP contribution is -2.51. The molecule has 0 heterocycles. The van der Waals surface area contributed by atoms with Gasteiger partial charge in [-0.3, -0.25) is 4.79 Å². The Hall–Kier alpha value is -2.11. The van der Waals surface area contributed by atoms with Crippen LogP contribution >= 0.6 is 0 Å². The molecule has 0 aliphatic heterocycles. The molecule has 0 spiro atoms. The van der Waals surface area contributed by atoms with E-state index in [1.54, 1.807) is 11.1 Å². The quantitative estimate of drug-likeness (QED) is 0.552. The van der Waals surface area contributed by atoms with Crippen LogP contribution in [0.1, 0.15) is 83.7 Å². The summed E-state index contributed by atoms with van der Waals surface area (Å²) < 4.78 is 0. The third kappa shape index (κ3) is 3.50. The molecule has 0 bridgehead atoms. The second kappa shape index (κ2) is 8.68. The van der Waals surface area contributed by atoms with E-state index in [1.165, 1.54) is 43.2 Å². The molecule has 4 aliphatic rings. The van der Waals surface area contributed by atoms with Crippen molar-refractivity contribution in [1.29, 1.82) is 0 Å². The number of benzene rings is 1. The van der Waals surface area contributed by atoms with Crippen LogP contribution in [0.4, 0.5) is 0 Å². The molecule has 4 aliphatic carbocycles. The van der Waals surface area contributed by atoms with Crippen molar-refractivity contribution in [1.82, 2.24) is 5.32 Å². The Labute approximate surface area is 193 Å². The molecule has 168 valence electrons. The average molecular weight is 428 g/mol. The maximum atomic E-state index is 12.1. The molecule has 1 unspecified atom stereocenters. The van der Waals surface area contributed by atoms with Gasteiger partial charge in [0.15, 0.2) is 5.78 Å². The van der Waals surface area contributed by atoms with Crippen molar-refractivity contribution < 1.29 is 4.79 Å². The zero-order chi connectivity index (χ0) is 22.3. The largest absolute Gasteiger partial charge is 0.307 e. The van der Waals surface area contributed by atoms with Crippen molar-refractivity contribution in [3.05, 3.63) is 58.7 Å². The Morgan fingerprint density at radius 3 is 2.59 bits per heavy atom. The van der Waals surface area contributed by atoms with Crippen LogP contribution in [0.2, 0.25) is 0 Å².